The third kappa shape index (κ3) is 3.01. The van der Waals surface area contributed by atoms with Gasteiger partial charge in [-0.3, -0.25) is 0 Å². The molecule has 0 saturated heterocycles. The minimum Gasteiger partial charge on any atom is -0.497 e. The lowest BCUT2D eigenvalue weighted by Gasteiger charge is -2.11. The Labute approximate surface area is 84.0 Å². The minimum absolute atomic E-state index is 0.00765. The van der Waals surface area contributed by atoms with Crippen LogP contribution < -0.4 is 4.74 Å². The molecular formula is C11H16O3. The van der Waals surface area contributed by atoms with Gasteiger partial charge in [-0.15, -0.1) is 0 Å². The van der Waals surface area contributed by atoms with Crippen molar-refractivity contribution in [2.24, 2.45) is 5.92 Å². The summed E-state index contributed by atoms with van der Waals surface area (Å²) in [5.74, 6) is 0.722. The highest BCUT2D eigenvalue weighted by Gasteiger charge is 2.07. The van der Waals surface area contributed by atoms with Gasteiger partial charge in [-0.1, -0.05) is 12.1 Å². The Balaban J connectivity index is 2.65. The summed E-state index contributed by atoms with van der Waals surface area (Å²) < 4.78 is 5.08. The molecule has 2 N–H and O–H groups in total. The van der Waals surface area contributed by atoms with E-state index in [1.54, 1.807) is 7.11 Å². The SMILES string of the molecule is COc1cccc(CC(CO)CO)c1. The first kappa shape index (κ1) is 11.0. The van der Waals surface area contributed by atoms with E-state index in [0.29, 0.717) is 6.42 Å². The number of rotatable bonds is 5. The number of hydrogen-bond acceptors (Lipinski definition) is 3. The molecule has 0 unspecified atom stereocenters. The van der Waals surface area contributed by atoms with Gasteiger partial charge in [0.25, 0.3) is 0 Å². The molecule has 0 aliphatic carbocycles. The summed E-state index contributed by atoms with van der Waals surface area (Å²) in [5.41, 5.74) is 1.07. The standard InChI is InChI=1S/C11H16O3/c1-14-11-4-2-3-9(6-11)5-10(7-12)8-13/h2-4,6,10,12-13H,5,7-8H2,1H3. The fourth-order valence-electron chi connectivity index (χ4n) is 1.32. The van der Waals surface area contributed by atoms with E-state index >= 15 is 0 Å². The first-order chi connectivity index (χ1) is 6.80. The van der Waals surface area contributed by atoms with E-state index in [1.807, 2.05) is 24.3 Å². The lowest BCUT2D eigenvalue weighted by molar-refractivity contribution is 0.150. The number of ether oxygens (including phenoxy) is 1. The van der Waals surface area contributed by atoms with E-state index in [0.717, 1.165) is 11.3 Å². The number of methoxy groups -OCH3 is 1. The van der Waals surface area contributed by atoms with Crippen molar-refractivity contribution in [2.75, 3.05) is 20.3 Å². The number of benzene rings is 1. The second kappa shape index (κ2) is 5.62. The molecule has 3 nitrogen and oxygen atoms in total. The Morgan fingerprint density at radius 3 is 2.57 bits per heavy atom. The average Bonchev–Trinajstić information content (AvgIpc) is 2.26. The van der Waals surface area contributed by atoms with Gasteiger partial charge in [-0.25, -0.2) is 0 Å². The summed E-state index contributed by atoms with van der Waals surface area (Å²) in [6, 6.07) is 7.65. The fourth-order valence-corrected chi connectivity index (χ4v) is 1.32. The van der Waals surface area contributed by atoms with Gasteiger partial charge in [0.15, 0.2) is 0 Å². The Morgan fingerprint density at radius 2 is 2.00 bits per heavy atom. The van der Waals surface area contributed by atoms with Gasteiger partial charge in [-0.2, -0.15) is 0 Å². The largest absolute Gasteiger partial charge is 0.497 e. The van der Waals surface area contributed by atoms with Gasteiger partial charge in [0.2, 0.25) is 0 Å². The summed E-state index contributed by atoms with van der Waals surface area (Å²) >= 11 is 0. The first-order valence-electron chi connectivity index (χ1n) is 4.64. The highest BCUT2D eigenvalue weighted by atomic mass is 16.5. The van der Waals surface area contributed by atoms with Crippen molar-refractivity contribution >= 4 is 0 Å². The Kier molecular flexibility index (Phi) is 4.43. The van der Waals surface area contributed by atoms with Gasteiger partial charge in [0, 0.05) is 19.1 Å². The molecule has 0 amide bonds. The van der Waals surface area contributed by atoms with E-state index in [1.165, 1.54) is 0 Å². The lowest BCUT2D eigenvalue weighted by atomic mass is 10.0. The molecule has 0 spiro atoms. The second-order valence-electron chi connectivity index (χ2n) is 3.29. The fraction of sp³-hybridized carbons (Fsp3) is 0.455. The van der Waals surface area contributed by atoms with Crippen LogP contribution in [-0.2, 0) is 6.42 Å². The molecule has 14 heavy (non-hydrogen) atoms. The van der Waals surface area contributed by atoms with Crippen LogP contribution in [0.15, 0.2) is 24.3 Å². The molecule has 0 bridgehead atoms. The van der Waals surface area contributed by atoms with Crippen molar-refractivity contribution in [2.45, 2.75) is 6.42 Å². The Morgan fingerprint density at radius 1 is 1.29 bits per heavy atom. The smallest absolute Gasteiger partial charge is 0.119 e. The first-order valence-corrected chi connectivity index (χ1v) is 4.64. The molecule has 0 aromatic heterocycles. The lowest BCUT2D eigenvalue weighted by Crippen LogP contribution is -2.13. The molecule has 3 heteroatoms. The van der Waals surface area contributed by atoms with Crippen LogP contribution in [0.3, 0.4) is 0 Å². The molecule has 0 radical (unpaired) electrons. The molecule has 0 aliphatic heterocycles. The molecule has 1 aromatic rings. The van der Waals surface area contributed by atoms with E-state index in [9.17, 15) is 0 Å². The summed E-state index contributed by atoms with van der Waals surface area (Å²) in [6.45, 7) is 0.0153. The maximum atomic E-state index is 8.92. The normalized spacial score (nSPS) is 10.6. The van der Waals surface area contributed by atoms with Crippen LogP contribution in [0, 0.1) is 5.92 Å². The monoisotopic (exact) mass is 196 g/mol. The van der Waals surface area contributed by atoms with Gasteiger partial charge in [-0.05, 0) is 24.1 Å². The third-order valence-electron chi connectivity index (χ3n) is 2.17. The van der Waals surface area contributed by atoms with E-state index in [4.69, 9.17) is 14.9 Å². The van der Waals surface area contributed by atoms with Gasteiger partial charge < -0.3 is 14.9 Å². The van der Waals surface area contributed by atoms with Crippen LogP contribution in [0.25, 0.3) is 0 Å². The van der Waals surface area contributed by atoms with Crippen molar-refractivity contribution in [1.29, 1.82) is 0 Å². The van der Waals surface area contributed by atoms with E-state index in [-0.39, 0.29) is 19.1 Å². The molecule has 0 heterocycles. The number of aliphatic hydroxyl groups is 2. The molecule has 1 aromatic carbocycles. The van der Waals surface area contributed by atoms with Gasteiger partial charge >= 0.3 is 0 Å². The highest BCUT2D eigenvalue weighted by molar-refractivity contribution is 5.28. The minimum atomic E-state index is -0.0814. The Hall–Kier alpha value is -1.06. The van der Waals surface area contributed by atoms with Crippen molar-refractivity contribution in [3.63, 3.8) is 0 Å². The predicted molar refractivity (Wildman–Crippen MR) is 54.4 cm³/mol. The van der Waals surface area contributed by atoms with Crippen LogP contribution in [0.1, 0.15) is 5.56 Å². The summed E-state index contributed by atoms with van der Waals surface area (Å²) in [6.07, 6.45) is 0.671. The summed E-state index contributed by atoms with van der Waals surface area (Å²) in [7, 11) is 1.62. The number of aliphatic hydroxyl groups excluding tert-OH is 2. The van der Waals surface area contributed by atoms with Crippen molar-refractivity contribution in [3.05, 3.63) is 29.8 Å². The molecular weight excluding hydrogens is 180 g/mol. The summed E-state index contributed by atoms with van der Waals surface area (Å²) in [5, 5.41) is 17.8. The van der Waals surface area contributed by atoms with Gasteiger partial charge in [0.05, 0.1) is 7.11 Å². The maximum Gasteiger partial charge on any atom is 0.119 e. The Bertz CT molecular complexity index is 269. The molecule has 78 valence electrons. The summed E-state index contributed by atoms with van der Waals surface area (Å²) in [4.78, 5) is 0. The highest BCUT2D eigenvalue weighted by Crippen LogP contribution is 2.15. The average molecular weight is 196 g/mol. The zero-order chi connectivity index (χ0) is 10.4. The second-order valence-corrected chi connectivity index (χ2v) is 3.29. The van der Waals surface area contributed by atoms with E-state index in [2.05, 4.69) is 0 Å². The quantitative estimate of drug-likeness (QED) is 0.733. The van der Waals surface area contributed by atoms with Crippen LogP contribution in [0.5, 0.6) is 5.75 Å². The predicted octanol–water partition coefficient (Wildman–Crippen LogP) is 0.838. The van der Waals surface area contributed by atoms with Crippen LogP contribution in [0.4, 0.5) is 0 Å². The maximum absolute atomic E-state index is 8.92. The van der Waals surface area contributed by atoms with E-state index < -0.39 is 0 Å². The van der Waals surface area contributed by atoms with Crippen LogP contribution >= 0.6 is 0 Å². The topological polar surface area (TPSA) is 49.7 Å². The van der Waals surface area contributed by atoms with Crippen LogP contribution in [-0.4, -0.2) is 30.5 Å². The zero-order valence-corrected chi connectivity index (χ0v) is 8.31. The molecule has 0 saturated carbocycles. The molecule has 1 rings (SSSR count). The van der Waals surface area contributed by atoms with Crippen molar-refractivity contribution in [1.82, 2.24) is 0 Å². The molecule has 0 fully saturated rings. The van der Waals surface area contributed by atoms with Crippen molar-refractivity contribution in [3.8, 4) is 5.75 Å². The number of hydrogen-bond donors (Lipinski definition) is 2. The third-order valence-corrected chi connectivity index (χ3v) is 2.17. The van der Waals surface area contributed by atoms with Crippen molar-refractivity contribution < 1.29 is 14.9 Å². The molecule has 0 atom stereocenters. The molecule has 0 aliphatic rings. The van der Waals surface area contributed by atoms with Crippen LogP contribution in [0.2, 0.25) is 0 Å². The zero-order valence-electron chi connectivity index (χ0n) is 8.31. The van der Waals surface area contributed by atoms with Gasteiger partial charge in [0.1, 0.15) is 5.75 Å².